The highest BCUT2D eigenvalue weighted by Crippen LogP contribution is 2.17. The van der Waals surface area contributed by atoms with Crippen molar-refractivity contribution in [3.8, 4) is 5.69 Å². The van der Waals surface area contributed by atoms with E-state index in [0.29, 0.717) is 11.5 Å². The Kier molecular flexibility index (Phi) is 4.72. The average Bonchev–Trinajstić information content (AvgIpc) is 3.33. The third-order valence-corrected chi connectivity index (χ3v) is 4.56. The standard InChI is InChI=1S/C19H17BrN6O/c1-12-10-16(19(27)24-17-7-4-14(20)11-23-17)26(25-12)15-5-2-13(3-6-15)18-21-8-9-22-18/h2-7,10-11H,8-9H2,1H3,(H,21,22)(H,23,24,27). The van der Waals surface area contributed by atoms with Crippen LogP contribution in [0.1, 0.15) is 21.7 Å². The molecule has 3 heterocycles. The van der Waals surface area contributed by atoms with Crippen LogP contribution in [0.25, 0.3) is 5.69 Å². The van der Waals surface area contributed by atoms with Crippen molar-refractivity contribution in [2.24, 2.45) is 4.99 Å². The van der Waals surface area contributed by atoms with Gasteiger partial charge in [-0.25, -0.2) is 9.67 Å². The fraction of sp³-hybridized carbons (Fsp3) is 0.158. The van der Waals surface area contributed by atoms with Gasteiger partial charge in [0.25, 0.3) is 5.91 Å². The van der Waals surface area contributed by atoms with Crippen LogP contribution in [0.5, 0.6) is 0 Å². The topological polar surface area (TPSA) is 84.2 Å². The molecule has 4 rings (SSSR count). The second-order valence-corrected chi connectivity index (χ2v) is 7.02. The first-order chi connectivity index (χ1) is 13.1. The summed E-state index contributed by atoms with van der Waals surface area (Å²) in [6.45, 7) is 3.52. The monoisotopic (exact) mass is 424 g/mol. The normalized spacial score (nSPS) is 13.2. The number of amides is 1. The number of aryl methyl sites for hydroxylation is 1. The van der Waals surface area contributed by atoms with Crippen LogP contribution < -0.4 is 10.6 Å². The van der Waals surface area contributed by atoms with E-state index in [1.807, 2.05) is 37.3 Å². The summed E-state index contributed by atoms with van der Waals surface area (Å²) < 4.78 is 2.49. The molecule has 27 heavy (non-hydrogen) atoms. The largest absolute Gasteiger partial charge is 0.368 e. The fourth-order valence-electron chi connectivity index (χ4n) is 2.84. The van der Waals surface area contributed by atoms with Gasteiger partial charge in [-0.05, 0) is 65.3 Å². The molecule has 0 saturated carbocycles. The van der Waals surface area contributed by atoms with Gasteiger partial charge in [0.1, 0.15) is 17.3 Å². The number of amidine groups is 1. The van der Waals surface area contributed by atoms with Gasteiger partial charge in [0.05, 0.1) is 17.9 Å². The zero-order valence-electron chi connectivity index (χ0n) is 14.6. The van der Waals surface area contributed by atoms with E-state index < -0.39 is 0 Å². The molecule has 0 unspecified atom stereocenters. The smallest absolute Gasteiger partial charge is 0.275 e. The van der Waals surface area contributed by atoms with E-state index in [2.05, 4.69) is 41.6 Å². The molecule has 1 amide bonds. The van der Waals surface area contributed by atoms with Crippen molar-refractivity contribution in [3.63, 3.8) is 0 Å². The highest BCUT2D eigenvalue weighted by atomic mass is 79.9. The lowest BCUT2D eigenvalue weighted by Gasteiger charge is -2.09. The number of benzene rings is 1. The minimum Gasteiger partial charge on any atom is -0.368 e. The number of rotatable bonds is 4. The third-order valence-electron chi connectivity index (χ3n) is 4.09. The maximum atomic E-state index is 12.7. The molecular weight excluding hydrogens is 408 g/mol. The molecule has 0 aliphatic carbocycles. The Labute approximate surface area is 164 Å². The second-order valence-electron chi connectivity index (χ2n) is 6.10. The quantitative estimate of drug-likeness (QED) is 0.674. The Balaban J connectivity index is 1.60. The Hall–Kier alpha value is -3.00. The highest BCUT2D eigenvalue weighted by molar-refractivity contribution is 9.10. The molecule has 0 radical (unpaired) electrons. The van der Waals surface area contributed by atoms with Crippen molar-refractivity contribution in [1.29, 1.82) is 0 Å². The minimum atomic E-state index is -0.267. The first kappa shape index (κ1) is 17.4. The summed E-state index contributed by atoms with van der Waals surface area (Å²) in [5, 5.41) is 10.5. The molecule has 0 saturated heterocycles. The number of nitrogens with zero attached hydrogens (tertiary/aromatic N) is 4. The number of halogens is 1. The van der Waals surface area contributed by atoms with Gasteiger partial charge in [-0.3, -0.25) is 9.79 Å². The number of hydrogen-bond donors (Lipinski definition) is 2. The molecule has 1 aromatic carbocycles. The first-order valence-corrected chi connectivity index (χ1v) is 9.28. The zero-order chi connectivity index (χ0) is 18.8. The molecule has 1 aliphatic rings. The Bertz CT molecular complexity index is 1010. The summed E-state index contributed by atoms with van der Waals surface area (Å²) in [4.78, 5) is 21.3. The van der Waals surface area contributed by atoms with E-state index in [4.69, 9.17) is 0 Å². The van der Waals surface area contributed by atoms with Gasteiger partial charge in [-0.1, -0.05) is 0 Å². The zero-order valence-corrected chi connectivity index (χ0v) is 16.2. The van der Waals surface area contributed by atoms with Gasteiger partial charge in [0, 0.05) is 22.8 Å². The predicted octanol–water partition coefficient (Wildman–Crippen LogP) is 2.94. The van der Waals surface area contributed by atoms with E-state index in [1.54, 1.807) is 23.0 Å². The summed E-state index contributed by atoms with van der Waals surface area (Å²) >= 11 is 3.33. The summed E-state index contributed by atoms with van der Waals surface area (Å²) in [7, 11) is 0. The van der Waals surface area contributed by atoms with Gasteiger partial charge in [0.2, 0.25) is 0 Å². The summed E-state index contributed by atoms with van der Waals surface area (Å²) in [5.74, 6) is 1.11. The summed E-state index contributed by atoms with van der Waals surface area (Å²) in [6, 6.07) is 13.1. The molecule has 2 aromatic heterocycles. The maximum Gasteiger partial charge on any atom is 0.275 e. The van der Waals surface area contributed by atoms with Crippen LogP contribution in [-0.2, 0) is 0 Å². The minimum absolute atomic E-state index is 0.267. The molecule has 0 spiro atoms. The van der Waals surface area contributed by atoms with Crippen molar-refractivity contribution < 1.29 is 4.79 Å². The Morgan fingerprint density at radius 2 is 2.04 bits per heavy atom. The number of hydrogen-bond acceptors (Lipinski definition) is 5. The Morgan fingerprint density at radius 3 is 2.70 bits per heavy atom. The van der Waals surface area contributed by atoms with E-state index in [-0.39, 0.29) is 5.91 Å². The molecule has 2 N–H and O–H groups in total. The lowest BCUT2D eigenvalue weighted by molar-refractivity contribution is 0.101. The number of anilines is 1. The molecule has 8 heteroatoms. The van der Waals surface area contributed by atoms with Crippen LogP contribution in [0.3, 0.4) is 0 Å². The Morgan fingerprint density at radius 1 is 1.22 bits per heavy atom. The number of pyridine rings is 1. The van der Waals surface area contributed by atoms with E-state index in [1.165, 1.54) is 0 Å². The summed E-state index contributed by atoms with van der Waals surface area (Å²) in [5.41, 5.74) is 3.03. The van der Waals surface area contributed by atoms with Gasteiger partial charge in [-0.15, -0.1) is 0 Å². The van der Waals surface area contributed by atoms with E-state index in [0.717, 1.165) is 40.3 Å². The maximum absolute atomic E-state index is 12.7. The highest BCUT2D eigenvalue weighted by Gasteiger charge is 2.16. The molecule has 0 atom stereocenters. The molecule has 0 fully saturated rings. The fourth-order valence-corrected chi connectivity index (χ4v) is 3.07. The number of nitrogens with one attached hydrogen (secondary N) is 2. The second kappa shape index (κ2) is 7.32. The van der Waals surface area contributed by atoms with Crippen LogP contribution in [0.4, 0.5) is 5.82 Å². The van der Waals surface area contributed by atoms with Gasteiger partial charge < -0.3 is 10.6 Å². The van der Waals surface area contributed by atoms with Crippen LogP contribution in [0, 0.1) is 6.92 Å². The van der Waals surface area contributed by atoms with Crippen molar-refractivity contribution >= 4 is 33.5 Å². The van der Waals surface area contributed by atoms with Crippen LogP contribution in [0.15, 0.2) is 58.1 Å². The van der Waals surface area contributed by atoms with Gasteiger partial charge in [-0.2, -0.15) is 5.10 Å². The van der Waals surface area contributed by atoms with Crippen molar-refractivity contribution in [2.75, 3.05) is 18.4 Å². The molecule has 0 bridgehead atoms. The number of carbonyl (C=O) groups is 1. The molecule has 3 aromatic rings. The van der Waals surface area contributed by atoms with Crippen LogP contribution in [0.2, 0.25) is 0 Å². The number of carbonyl (C=O) groups excluding carboxylic acids is 1. The average molecular weight is 425 g/mol. The summed E-state index contributed by atoms with van der Waals surface area (Å²) in [6.07, 6.45) is 1.64. The van der Waals surface area contributed by atoms with Crippen LogP contribution in [-0.4, -0.2) is 39.6 Å². The predicted molar refractivity (Wildman–Crippen MR) is 108 cm³/mol. The van der Waals surface area contributed by atoms with Crippen molar-refractivity contribution in [3.05, 3.63) is 70.1 Å². The van der Waals surface area contributed by atoms with Gasteiger partial charge >= 0.3 is 0 Å². The molecule has 1 aliphatic heterocycles. The molecule has 136 valence electrons. The lowest BCUT2D eigenvalue weighted by Crippen LogP contribution is -2.20. The number of aliphatic imine (C=N–C) groups is 1. The molecular formula is C19H17BrN6O. The lowest BCUT2D eigenvalue weighted by atomic mass is 10.2. The third kappa shape index (κ3) is 3.75. The molecule has 7 nitrogen and oxygen atoms in total. The SMILES string of the molecule is Cc1cc(C(=O)Nc2ccc(Br)cn2)n(-c2ccc(C3=NCCN3)cc2)n1. The van der Waals surface area contributed by atoms with E-state index >= 15 is 0 Å². The first-order valence-electron chi connectivity index (χ1n) is 8.49. The van der Waals surface area contributed by atoms with Gasteiger partial charge in [0.15, 0.2) is 0 Å². The van der Waals surface area contributed by atoms with E-state index in [9.17, 15) is 4.79 Å². The van der Waals surface area contributed by atoms with Crippen molar-refractivity contribution in [2.45, 2.75) is 6.92 Å². The number of aromatic nitrogens is 3. The van der Waals surface area contributed by atoms with Crippen molar-refractivity contribution in [1.82, 2.24) is 20.1 Å². The van der Waals surface area contributed by atoms with Crippen LogP contribution >= 0.6 is 15.9 Å².